The first-order valence-electron chi connectivity index (χ1n) is 10.00. The highest BCUT2D eigenvalue weighted by Gasteiger charge is 2.34. The van der Waals surface area contributed by atoms with Crippen LogP contribution in [0, 0.1) is 11.8 Å². The molecular formula is C20H27N5O. The molecule has 0 amide bonds. The molecule has 2 aromatic heterocycles. The van der Waals surface area contributed by atoms with Crippen LogP contribution in [0.25, 0.3) is 0 Å². The minimum Gasteiger partial charge on any atom is -0.379 e. The third-order valence-corrected chi connectivity index (χ3v) is 5.82. The molecule has 3 heterocycles. The van der Waals surface area contributed by atoms with Gasteiger partial charge in [-0.3, -0.25) is 9.88 Å². The number of aromatic nitrogens is 4. The van der Waals surface area contributed by atoms with Gasteiger partial charge in [-0.1, -0.05) is 11.3 Å². The first-order chi connectivity index (χ1) is 12.9. The third kappa shape index (κ3) is 3.67. The summed E-state index contributed by atoms with van der Waals surface area (Å²) in [6, 6.07) is 4.36. The zero-order valence-corrected chi connectivity index (χ0v) is 15.3. The van der Waals surface area contributed by atoms with Gasteiger partial charge in [0, 0.05) is 45.1 Å². The lowest BCUT2D eigenvalue weighted by Crippen LogP contribution is -2.38. The second-order valence-corrected chi connectivity index (χ2v) is 8.13. The molecule has 6 nitrogen and oxygen atoms in total. The van der Waals surface area contributed by atoms with Crippen LogP contribution >= 0.6 is 0 Å². The molecule has 0 radical (unpaired) electrons. The summed E-state index contributed by atoms with van der Waals surface area (Å²) in [4.78, 5) is 6.76. The van der Waals surface area contributed by atoms with E-state index in [0.717, 1.165) is 50.2 Å². The Morgan fingerprint density at radius 1 is 1.12 bits per heavy atom. The van der Waals surface area contributed by atoms with Gasteiger partial charge in [0.05, 0.1) is 18.3 Å². The predicted molar refractivity (Wildman–Crippen MR) is 97.4 cm³/mol. The molecule has 3 aliphatic rings. The first-order valence-corrected chi connectivity index (χ1v) is 10.00. The number of hydrogen-bond donors (Lipinski definition) is 0. The van der Waals surface area contributed by atoms with E-state index in [9.17, 15) is 0 Å². The van der Waals surface area contributed by atoms with E-state index in [4.69, 9.17) is 4.74 Å². The number of nitrogens with zero attached hydrogens (tertiary/aromatic N) is 5. The molecule has 2 saturated carbocycles. The molecule has 0 aromatic carbocycles. The summed E-state index contributed by atoms with van der Waals surface area (Å²) >= 11 is 0. The SMILES string of the molecule is c1cncc(CN2CCc3c(nnn3CC3CC3)[C@H]2COCC2CC2)c1. The average Bonchev–Trinajstić information content (AvgIpc) is 3.58. The van der Waals surface area contributed by atoms with Gasteiger partial charge in [-0.25, -0.2) is 4.68 Å². The number of rotatable bonds is 8. The highest BCUT2D eigenvalue weighted by molar-refractivity contribution is 5.20. The van der Waals surface area contributed by atoms with Gasteiger partial charge < -0.3 is 4.74 Å². The Morgan fingerprint density at radius 2 is 2.00 bits per heavy atom. The maximum Gasteiger partial charge on any atom is 0.105 e. The van der Waals surface area contributed by atoms with Gasteiger partial charge in [0.15, 0.2) is 0 Å². The van der Waals surface area contributed by atoms with Crippen molar-refractivity contribution in [3.8, 4) is 0 Å². The number of fused-ring (bicyclic) bond motifs is 1. The van der Waals surface area contributed by atoms with Crippen molar-refractivity contribution in [1.82, 2.24) is 24.9 Å². The van der Waals surface area contributed by atoms with E-state index in [0.29, 0.717) is 6.61 Å². The lowest BCUT2D eigenvalue weighted by atomic mass is 10.0. The Balaban J connectivity index is 1.34. The molecule has 0 bridgehead atoms. The minimum atomic E-state index is 0.200. The van der Waals surface area contributed by atoms with Gasteiger partial charge in [-0.05, 0) is 49.1 Å². The summed E-state index contributed by atoms with van der Waals surface area (Å²) < 4.78 is 8.26. The molecule has 0 N–H and O–H groups in total. The third-order valence-electron chi connectivity index (χ3n) is 5.82. The predicted octanol–water partition coefficient (Wildman–Crippen LogP) is 2.61. The molecule has 1 atom stereocenters. The van der Waals surface area contributed by atoms with E-state index in [2.05, 4.69) is 30.9 Å². The Hall–Kier alpha value is -1.79. The van der Waals surface area contributed by atoms with Crippen LogP contribution in [0.1, 0.15) is 48.7 Å². The fourth-order valence-corrected chi connectivity index (χ4v) is 3.86. The van der Waals surface area contributed by atoms with Gasteiger partial charge in [0.2, 0.25) is 0 Å². The van der Waals surface area contributed by atoms with Crippen molar-refractivity contribution < 1.29 is 4.74 Å². The standard InChI is InChI=1S/C20H27N5O/c1-2-17(10-21-8-1)11-24-9-7-18-20(19(24)14-26-13-16-5-6-16)22-23-25(18)12-15-3-4-15/h1-2,8,10,15-16,19H,3-7,9,11-14H2/t19-/m1/s1. The van der Waals surface area contributed by atoms with Gasteiger partial charge in [0.1, 0.15) is 5.69 Å². The molecule has 0 unspecified atom stereocenters. The van der Waals surface area contributed by atoms with Crippen LogP contribution in [0.4, 0.5) is 0 Å². The molecule has 138 valence electrons. The molecule has 2 aliphatic carbocycles. The maximum absolute atomic E-state index is 6.09. The minimum absolute atomic E-state index is 0.200. The van der Waals surface area contributed by atoms with Crippen molar-refractivity contribution in [2.24, 2.45) is 11.8 Å². The number of ether oxygens (including phenoxy) is 1. The van der Waals surface area contributed by atoms with Crippen LogP contribution in [0.5, 0.6) is 0 Å². The molecule has 1 aliphatic heterocycles. The lowest BCUT2D eigenvalue weighted by molar-refractivity contribution is 0.0424. The molecule has 2 aromatic rings. The Labute approximate surface area is 154 Å². The quantitative estimate of drug-likeness (QED) is 0.730. The van der Waals surface area contributed by atoms with Crippen molar-refractivity contribution in [2.75, 3.05) is 19.8 Å². The van der Waals surface area contributed by atoms with E-state index in [1.165, 1.54) is 36.9 Å². The van der Waals surface area contributed by atoms with Gasteiger partial charge >= 0.3 is 0 Å². The summed E-state index contributed by atoms with van der Waals surface area (Å²) in [6.07, 6.45) is 10.2. The van der Waals surface area contributed by atoms with Crippen LogP contribution in [-0.4, -0.2) is 44.6 Å². The second-order valence-electron chi connectivity index (χ2n) is 8.13. The van der Waals surface area contributed by atoms with E-state index in [-0.39, 0.29) is 6.04 Å². The monoisotopic (exact) mass is 353 g/mol. The number of pyridine rings is 1. The average molecular weight is 353 g/mol. The van der Waals surface area contributed by atoms with Crippen LogP contribution < -0.4 is 0 Å². The van der Waals surface area contributed by atoms with Crippen molar-refractivity contribution in [3.05, 3.63) is 41.5 Å². The Kier molecular flexibility index (Phi) is 4.46. The highest BCUT2D eigenvalue weighted by atomic mass is 16.5. The molecule has 0 saturated heterocycles. The first kappa shape index (κ1) is 16.4. The molecule has 26 heavy (non-hydrogen) atoms. The summed E-state index contributed by atoms with van der Waals surface area (Å²) in [7, 11) is 0. The van der Waals surface area contributed by atoms with Gasteiger partial charge in [-0.15, -0.1) is 5.10 Å². The zero-order chi connectivity index (χ0) is 17.3. The smallest absolute Gasteiger partial charge is 0.105 e. The Morgan fingerprint density at radius 3 is 2.77 bits per heavy atom. The Bertz CT molecular complexity index is 738. The molecule has 0 spiro atoms. The molecule has 5 rings (SSSR count). The molecule has 6 heteroatoms. The summed E-state index contributed by atoms with van der Waals surface area (Å²) in [5, 5.41) is 9.10. The van der Waals surface area contributed by atoms with Crippen molar-refractivity contribution in [1.29, 1.82) is 0 Å². The van der Waals surface area contributed by atoms with Crippen LogP contribution in [0.3, 0.4) is 0 Å². The summed E-state index contributed by atoms with van der Waals surface area (Å²) in [5.41, 5.74) is 3.71. The van der Waals surface area contributed by atoms with Gasteiger partial charge in [-0.2, -0.15) is 0 Å². The summed E-state index contributed by atoms with van der Waals surface area (Å²) in [6.45, 7) is 4.56. The second kappa shape index (κ2) is 7.08. The highest BCUT2D eigenvalue weighted by Crippen LogP contribution is 2.35. The fraction of sp³-hybridized carbons (Fsp3) is 0.650. The zero-order valence-electron chi connectivity index (χ0n) is 15.3. The maximum atomic E-state index is 6.09. The topological polar surface area (TPSA) is 56.1 Å². The normalized spacial score (nSPS) is 23.2. The van der Waals surface area contributed by atoms with Crippen LogP contribution in [0.2, 0.25) is 0 Å². The van der Waals surface area contributed by atoms with Crippen molar-refractivity contribution in [3.63, 3.8) is 0 Å². The number of hydrogen-bond acceptors (Lipinski definition) is 5. The summed E-state index contributed by atoms with van der Waals surface area (Å²) in [5.74, 6) is 1.61. The van der Waals surface area contributed by atoms with E-state index in [1.807, 2.05) is 18.5 Å². The van der Waals surface area contributed by atoms with E-state index < -0.39 is 0 Å². The van der Waals surface area contributed by atoms with E-state index >= 15 is 0 Å². The fourth-order valence-electron chi connectivity index (χ4n) is 3.86. The van der Waals surface area contributed by atoms with E-state index in [1.54, 1.807) is 0 Å². The molecular weight excluding hydrogens is 326 g/mol. The largest absolute Gasteiger partial charge is 0.379 e. The van der Waals surface area contributed by atoms with Crippen LogP contribution in [-0.2, 0) is 24.2 Å². The van der Waals surface area contributed by atoms with Crippen molar-refractivity contribution in [2.45, 2.75) is 51.2 Å². The lowest BCUT2D eigenvalue weighted by Gasteiger charge is -2.34. The molecule has 2 fully saturated rings. The van der Waals surface area contributed by atoms with Gasteiger partial charge in [0.25, 0.3) is 0 Å². The van der Waals surface area contributed by atoms with Crippen molar-refractivity contribution >= 4 is 0 Å². The van der Waals surface area contributed by atoms with Crippen LogP contribution in [0.15, 0.2) is 24.5 Å².